The van der Waals surface area contributed by atoms with Gasteiger partial charge >= 0.3 is 5.97 Å². The van der Waals surface area contributed by atoms with Crippen LogP contribution in [0.15, 0.2) is 48.5 Å². The Morgan fingerprint density at radius 2 is 1.68 bits per heavy atom. The number of ether oxygens (including phenoxy) is 3. The molecule has 0 saturated carbocycles. The second-order valence-corrected chi connectivity index (χ2v) is 6.81. The van der Waals surface area contributed by atoms with E-state index in [4.69, 9.17) is 14.2 Å². The molecule has 166 valence electrons. The van der Waals surface area contributed by atoms with Crippen LogP contribution in [0.1, 0.15) is 5.56 Å². The first-order valence-electron chi connectivity index (χ1n) is 9.27. The predicted octanol–water partition coefficient (Wildman–Crippen LogP) is 0.246. The van der Waals surface area contributed by atoms with Gasteiger partial charge in [-0.1, -0.05) is 18.2 Å². The SMILES string of the molecule is O=C(C=Cc1ccc(O)c(O)c1)OCC1OC(Oc2ccccc2O)C(O)C(O)C1O. The molecule has 10 heteroatoms. The summed E-state index contributed by atoms with van der Waals surface area (Å²) in [6, 6.07) is 9.88. The molecule has 0 amide bonds. The number of phenols is 3. The summed E-state index contributed by atoms with van der Waals surface area (Å²) in [7, 11) is 0. The Morgan fingerprint density at radius 1 is 0.935 bits per heavy atom. The van der Waals surface area contributed by atoms with Crippen molar-refractivity contribution in [1.29, 1.82) is 0 Å². The van der Waals surface area contributed by atoms with Gasteiger partial charge < -0.3 is 44.8 Å². The maximum absolute atomic E-state index is 11.9. The molecule has 1 aliphatic heterocycles. The molecule has 1 saturated heterocycles. The molecule has 0 aliphatic carbocycles. The molecule has 5 unspecified atom stereocenters. The average Bonchev–Trinajstić information content (AvgIpc) is 2.75. The minimum atomic E-state index is -1.65. The lowest BCUT2D eigenvalue weighted by atomic mass is 9.99. The monoisotopic (exact) mass is 434 g/mol. The van der Waals surface area contributed by atoms with Crippen molar-refractivity contribution in [2.45, 2.75) is 30.7 Å². The molecule has 2 aromatic rings. The van der Waals surface area contributed by atoms with Gasteiger partial charge in [-0.15, -0.1) is 0 Å². The number of esters is 1. The van der Waals surface area contributed by atoms with E-state index in [9.17, 15) is 35.4 Å². The third kappa shape index (κ3) is 5.44. The van der Waals surface area contributed by atoms with Crippen molar-refractivity contribution in [2.24, 2.45) is 0 Å². The summed E-state index contributed by atoms with van der Waals surface area (Å²) in [5.74, 6) is -1.68. The van der Waals surface area contributed by atoms with Crippen LogP contribution in [-0.2, 0) is 14.3 Å². The standard InChI is InChI=1S/C21H22O10/c22-12-7-5-11(9-14(12)24)6-8-17(25)29-10-16-18(26)19(27)20(28)21(31-16)30-15-4-2-1-3-13(15)23/h1-9,16,18-24,26-28H,10H2. The number of hydrogen-bond acceptors (Lipinski definition) is 10. The predicted molar refractivity (Wildman–Crippen MR) is 105 cm³/mol. The van der Waals surface area contributed by atoms with Gasteiger partial charge in [0, 0.05) is 6.08 Å². The first-order chi connectivity index (χ1) is 14.8. The maximum atomic E-state index is 11.9. The smallest absolute Gasteiger partial charge is 0.330 e. The highest BCUT2D eigenvalue weighted by atomic mass is 16.7. The van der Waals surface area contributed by atoms with Gasteiger partial charge in [0.25, 0.3) is 0 Å². The highest BCUT2D eigenvalue weighted by Gasteiger charge is 2.45. The molecule has 0 radical (unpaired) electrons. The Kier molecular flexibility index (Phi) is 6.98. The number of benzene rings is 2. The second-order valence-electron chi connectivity index (χ2n) is 6.81. The van der Waals surface area contributed by atoms with Crippen molar-refractivity contribution in [1.82, 2.24) is 0 Å². The molecule has 1 aliphatic rings. The average molecular weight is 434 g/mol. The quantitative estimate of drug-likeness (QED) is 0.211. The number of hydrogen-bond donors (Lipinski definition) is 6. The first-order valence-corrected chi connectivity index (χ1v) is 9.27. The van der Waals surface area contributed by atoms with Crippen molar-refractivity contribution in [3.05, 3.63) is 54.1 Å². The zero-order chi connectivity index (χ0) is 22.5. The minimum absolute atomic E-state index is 0.00836. The van der Waals surface area contributed by atoms with E-state index < -0.39 is 43.3 Å². The number of carbonyl (C=O) groups is 1. The van der Waals surface area contributed by atoms with E-state index in [0.717, 1.165) is 6.08 Å². The van der Waals surface area contributed by atoms with Gasteiger partial charge in [-0.3, -0.25) is 0 Å². The fourth-order valence-electron chi connectivity index (χ4n) is 2.85. The molecule has 31 heavy (non-hydrogen) atoms. The van der Waals surface area contributed by atoms with E-state index in [-0.39, 0.29) is 23.0 Å². The second kappa shape index (κ2) is 9.67. The van der Waals surface area contributed by atoms with E-state index in [2.05, 4.69) is 0 Å². The van der Waals surface area contributed by atoms with E-state index in [1.807, 2.05) is 0 Å². The van der Waals surface area contributed by atoms with E-state index in [0.29, 0.717) is 5.56 Å². The lowest BCUT2D eigenvalue weighted by Gasteiger charge is -2.39. The number of phenolic OH excluding ortho intramolecular Hbond substituents is 3. The third-order valence-corrected chi connectivity index (χ3v) is 4.58. The fourth-order valence-corrected chi connectivity index (χ4v) is 2.85. The lowest BCUT2D eigenvalue weighted by Crippen LogP contribution is -2.60. The minimum Gasteiger partial charge on any atom is -0.504 e. The van der Waals surface area contributed by atoms with Crippen molar-refractivity contribution < 1.29 is 49.6 Å². The van der Waals surface area contributed by atoms with Gasteiger partial charge in [-0.05, 0) is 35.9 Å². The zero-order valence-corrected chi connectivity index (χ0v) is 16.1. The summed E-state index contributed by atoms with van der Waals surface area (Å²) in [4.78, 5) is 11.9. The van der Waals surface area contributed by atoms with Crippen LogP contribution < -0.4 is 4.74 Å². The van der Waals surface area contributed by atoms with E-state index in [1.165, 1.54) is 36.4 Å². The van der Waals surface area contributed by atoms with Crippen LogP contribution in [-0.4, -0.2) is 73.9 Å². The van der Waals surface area contributed by atoms with Crippen LogP contribution in [0.2, 0.25) is 0 Å². The van der Waals surface area contributed by atoms with E-state index >= 15 is 0 Å². The summed E-state index contributed by atoms with van der Waals surface area (Å²) in [5, 5.41) is 58.8. The lowest BCUT2D eigenvalue weighted by molar-refractivity contribution is -0.278. The van der Waals surface area contributed by atoms with Crippen molar-refractivity contribution in [2.75, 3.05) is 6.61 Å². The zero-order valence-electron chi connectivity index (χ0n) is 16.1. The van der Waals surface area contributed by atoms with Gasteiger partial charge in [0.15, 0.2) is 23.0 Å². The highest BCUT2D eigenvalue weighted by molar-refractivity contribution is 5.87. The summed E-state index contributed by atoms with van der Waals surface area (Å²) in [6.45, 7) is -0.463. The third-order valence-electron chi connectivity index (χ3n) is 4.58. The largest absolute Gasteiger partial charge is 0.504 e. The van der Waals surface area contributed by atoms with Gasteiger partial charge in [-0.25, -0.2) is 4.79 Å². The molecule has 2 aromatic carbocycles. The van der Waals surface area contributed by atoms with Crippen LogP contribution in [0.5, 0.6) is 23.0 Å². The number of aromatic hydroxyl groups is 3. The fraction of sp³-hybridized carbons (Fsp3) is 0.286. The topological polar surface area (TPSA) is 166 Å². The Balaban J connectivity index is 1.60. The number of para-hydroxylation sites is 2. The number of rotatable bonds is 6. The Bertz CT molecular complexity index is 944. The van der Waals surface area contributed by atoms with Crippen LogP contribution in [0.4, 0.5) is 0 Å². The molecular formula is C21H22O10. The van der Waals surface area contributed by atoms with Crippen molar-refractivity contribution in [3.8, 4) is 23.0 Å². The molecule has 1 fully saturated rings. The van der Waals surface area contributed by atoms with Crippen LogP contribution in [0.3, 0.4) is 0 Å². The van der Waals surface area contributed by atoms with Crippen molar-refractivity contribution in [3.63, 3.8) is 0 Å². The van der Waals surface area contributed by atoms with Crippen LogP contribution >= 0.6 is 0 Å². The molecule has 0 bridgehead atoms. The highest BCUT2D eigenvalue weighted by Crippen LogP contribution is 2.30. The van der Waals surface area contributed by atoms with Crippen molar-refractivity contribution >= 4 is 12.0 Å². The number of aliphatic hydroxyl groups excluding tert-OH is 3. The molecule has 6 N–H and O–H groups in total. The Labute approximate surface area is 176 Å². The summed E-state index contributed by atoms with van der Waals surface area (Å²) < 4.78 is 15.8. The Morgan fingerprint density at radius 3 is 2.39 bits per heavy atom. The maximum Gasteiger partial charge on any atom is 0.330 e. The number of aliphatic hydroxyl groups is 3. The van der Waals surface area contributed by atoms with Gasteiger partial charge in [0.05, 0.1) is 0 Å². The van der Waals surface area contributed by atoms with Gasteiger partial charge in [-0.2, -0.15) is 0 Å². The molecule has 5 atom stereocenters. The van der Waals surface area contributed by atoms with Gasteiger partial charge in [0.2, 0.25) is 6.29 Å². The molecule has 10 nitrogen and oxygen atoms in total. The summed E-state index contributed by atoms with van der Waals surface area (Å²) in [6.07, 6.45) is -5.10. The molecule has 3 rings (SSSR count). The molecule has 1 heterocycles. The Hall–Kier alpha value is -3.31. The summed E-state index contributed by atoms with van der Waals surface area (Å²) in [5.41, 5.74) is 0.427. The molecule has 0 spiro atoms. The van der Waals surface area contributed by atoms with Crippen LogP contribution in [0.25, 0.3) is 6.08 Å². The molecular weight excluding hydrogens is 412 g/mol. The first kappa shape index (κ1) is 22.4. The normalized spacial score (nSPS) is 26.0. The van der Waals surface area contributed by atoms with E-state index in [1.54, 1.807) is 12.1 Å². The number of carbonyl (C=O) groups excluding carboxylic acids is 1. The van der Waals surface area contributed by atoms with Crippen LogP contribution in [0, 0.1) is 0 Å². The van der Waals surface area contributed by atoms with Gasteiger partial charge in [0.1, 0.15) is 31.0 Å². The summed E-state index contributed by atoms with van der Waals surface area (Å²) >= 11 is 0. The molecule has 0 aromatic heterocycles.